The van der Waals surface area contributed by atoms with Gasteiger partial charge in [-0.1, -0.05) is 29.8 Å². The second kappa shape index (κ2) is 5.64. The third kappa shape index (κ3) is 3.37. The van der Waals surface area contributed by atoms with Crippen molar-refractivity contribution in [3.05, 3.63) is 35.4 Å². The highest BCUT2D eigenvalue weighted by molar-refractivity contribution is 5.22. The van der Waals surface area contributed by atoms with E-state index < -0.39 is 0 Å². The van der Waals surface area contributed by atoms with Crippen LogP contribution < -0.4 is 5.32 Å². The fraction of sp³-hybridized carbons (Fsp3) is 0.647. The molecule has 19 heavy (non-hydrogen) atoms. The number of nitrogens with zero attached hydrogens (tertiary/aromatic N) is 1. The van der Waals surface area contributed by atoms with Gasteiger partial charge in [0.15, 0.2) is 0 Å². The fourth-order valence-electron chi connectivity index (χ4n) is 3.24. The van der Waals surface area contributed by atoms with Crippen LogP contribution in [0, 0.1) is 12.8 Å². The fourth-order valence-corrected chi connectivity index (χ4v) is 3.24. The van der Waals surface area contributed by atoms with E-state index in [0.29, 0.717) is 6.04 Å². The van der Waals surface area contributed by atoms with Gasteiger partial charge >= 0.3 is 0 Å². The van der Waals surface area contributed by atoms with E-state index in [1.165, 1.54) is 43.5 Å². The number of nitrogens with one attached hydrogen (secondary N) is 1. The molecule has 2 heteroatoms. The molecule has 0 radical (unpaired) electrons. The van der Waals surface area contributed by atoms with E-state index in [1.807, 2.05) is 0 Å². The third-order valence-corrected chi connectivity index (χ3v) is 4.68. The van der Waals surface area contributed by atoms with Crippen LogP contribution in [0.25, 0.3) is 0 Å². The summed E-state index contributed by atoms with van der Waals surface area (Å²) in [4.78, 5) is 2.68. The van der Waals surface area contributed by atoms with Gasteiger partial charge in [-0.3, -0.25) is 4.90 Å². The number of hydrogen-bond donors (Lipinski definition) is 1. The Balaban J connectivity index is 1.69. The van der Waals surface area contributed by atoms with Crippen LogP contribution in [0.1, 0.15) is 37.3 Å². The Labute approximate surface area is 117 Å². The van der Waals surface area contributed by atoms with Crippen molar-refractivity contribution in [3.8, 4) is 0 Å². The SMILES string of the molecule is Cc1cccc(CN2CC(C3CC3)NCCC2C)c1. The van der Waals surface area contributed by atoms with Crippen LogP contribution in [0.4, 0.5) is 0 Å². The quantitative estimate of drug-likeness (QED) is 0.896. The molecular weight excluding hydrogens is 232 g/mol. The van der Waals surface area contributed by atoms with E-state index in [2.05, 4.69) is 48.3 Å². The Hall–Kier alpha value is -0.860. The molecule has 0 spiro atoms. The summed E-state index contributed by atoms with van der Waals surface area (Å²) < 4.78 is 0. The van der Waals surface area contributed by atoms with Crippen molar-refractivity contribution in [2.24, 2.45) is 5.92 Å². The van der Waals surface area contributed by atoms with Gasteiger partial charge in [0, 0.05) is 25.2 Å². The molecule has 1 aliphatic heterocycles. The van der Waals surface area contributed by atoms with E-state index in [4.69, 9.17) is 0 Å². The molecule has 1 heterocycles. The molecule has 2 fully saturated rings. The smallest absolute Gasteiger partial charge is 0.0237 e. The number of hydrogen-bond acceptors (Lipinski definition) is 2. The van der Waals surface area contributed by atoms with Crippen LogP contribution in [0.5, 0.6) is 0 Å². The summed E-state index contributed by atoms with van der Waals surface area (Å²) in [5.74, 6) is 0.949. The van der Waals surface area contributed by atoms with Gasteiger partial charge in [-0.2, -0.15) is 0 Å². The number of benzene rings is 1. The number of rotatable bonds is 3. The lowest BCUT2D eigenvalue weighted by atomic mass is 10.1. The summed E-state index contributed by atoms with van der Waals surface area (Å²) in [6.07, 6.45) is 4.14. The first-order valence-corrected chi connectivity index (χ1v) is 7.75. The molecule has 2 nitrogen and oxygen atoms in total. The molecule has 2 unspecified atom stereocenters. The lowest BCUT2D eigenvalue weighted by Crippen LogP contribution is -2.40. The van der Waals surface area contributed by atoms with E-state index in [0.717, 1.165) is 18.5 Å². The Kier molecular flexibility index (Phi) is 3.90. The second-order valence-electron chi connectivity index (χ2n) is 6.45. The van der Waals surface area contributed by atoms with E-state index in [9.17, 15) is 0 Å². The van der Waals surface area contributed by atoms with E-state index in [1.54, 1.807) is 0 Å². The summed E-state index contributed by atoms with van der Waals surface area (Å²) >= 11 is 0. The van der Waals surface area contributed by atoms with Crippen LogP contribution in [0.15, 0.2) is 24.3 Å². The van der Waals surface area contributed by atoms with Crippen molar-refractivity contribution in [1.29, 1.82) is 0 Å². The molecule has 0 amide bonds. The number of aryl methyl sites for hydroxylation is 1. The highest BCUT2D eigenvalue weighted by Crippen LogP contribution is 2.34. The van der Waals surface area contributed by atoms with Gasteiger partial charge in [0.2, 0.25) is 0 Å². The van der Waals surface area contributed by atoms with Gasteiger partial charge in [-0.15, -0.1) is 0 Å². The molecule has 1 aromatic carbocycles. The highest BCUT2D eigenvalue weighted by atomic mass is 15.2. The zero-order valence-corrected chi connectivity index (χ0v) is 12.2. The molecule has 2 aliphatic rings. The molecule has 1 N–H and O–H groups in total. The normalized spacial score (nSPS) is 29.2. The van der Waals surface area contributed by atoms with Crippen LogP contribution in [-0.4, -0.2) is 30.1 Å². The first kappa shape index (κ1) is 13.1. The summed E-state index contributed by atoms with van der Waals surface area (Å²) in [7, 11) is 0. The second-order valence-corrected chi connectivity index (χ2v) is 6.45. The predicted octanol–water partition coefficient (Wildman–Crippen LogP) is 2.96. The maximum absolute atomic E-state index is 3.76. The summed E-state index contributed by atoms with van der Waals surface area (Å²) in [5.41, 5.74) is 2.83. The highest BCUT2D eigenvalue weighted by Gasteiger charge is 2.34. The Bertz CT molecular complexity index is 425. The summed E-state index contributed by atoms with van der Waals surface area (Å²) in [6, 6.07) is 10.4. The molecule has 1 saturated carbocycles. The Morgan fingerprint density at radius 3 is 2.84 bits per heavy atom. The average molecular weight is 258 g/mol. The lowest BCUT2D eigenvalue weighted by molar-refractivity contribution is 0.190. The third-order valence-electron chi connectivity index (χ3n) is 4.68. The standard InChI is InChI=1S/C17H26N2/c1-13-4-3-5-15(10-13)11-19-12-17(16-6-7-16)18-9-8-14(19)2/h3-5,10,14,16-18H,6-9,11-12H2,1-2H3. The first-order valence-electron chi connectivity index (χ1n) is 7.75. The van der Waals surface area contributed by atoms with Crippen molar-refractivity contribution in [2.45, 2.75) is 51.7 Å². The van der Waals surface area contributed by atoms with Gasteiger partial charge in [0.25, 0.3) is 0 Å². The van der Waals surface area contributed by atoms with Gasteiger partial charge in [0.1, 0.15) is 0 Å². The summed E-state index contributed by atoms with van der Waals surface area (Å²) in [5, 5.41) is 3.76. The predicted molar refractivity (Wildman–Crippen MR) is 80.2 cm³/mol. The zero-order valence-electron chi connectivity index (χ0n) is 12.2. The largest absolute Gasteiger partial charge is 0.312 e. The van der Waals surface area contributed by atoms with Crippen molar-refractivity contribution >= 4 is 0 Å². The van der Waals surface area contributed by atoms with E-state index >= 15 is 0 Å². The molecule has 2 atom stereocenters. The van der Waals surface area contributed by atoms with Gasteiger partial charge in [0.05, 0.1) is 0 Å². The van der Waals surface area contributed by atoms with Crippen molar-refractivity contribution in [1.82, 2.24) is 10.2 Å². The van der Waals surface area contributed by atoms with Crippen LogP contribution in [0.2, 0.25) is 0 Å². The Morgan fingerprint density at radius 1 is 1.26 bits per heavy atom. The van der Waals surface area contributed by atoms with Gasteiger partial charge in [-0.05, 0) is 51.1 Å². The minimum Gasteiger partial charge on any atom is -0.312 e. The average Bonchev–Trinajstić information content (AvgIpc) is 3.19. The minimum absolute atomic E-state index is 0.691. The monoisotopic (exact) mass is 258 g/mol. The Morgan fingerprint density at radius 2 is 2.11 bits per heavy atom. The maximum atomic E-state index is 3.76. The molecule has 0 aromatic heterocycles. The molecule has 104 valence electrons. The maximum Gasteiger partial charge on any atom is 0.0237 e. The first-order chi connectivity index (χ1) is 9.22. The molecule has 3 rings (SSSR count). The van der Waals surface area contributed by atoms with Crippen LogP contribution in [0.3, 0.4) is 0 Å². The van der Waals surface area contributed by atoms with Gasteiger partial charge in [-0.25, -0.2) is 0 Å². The molecule has 0 bridgehead atoms. The van der Waals surface area contributed by atoms with Gasteiger partial charge < -0.3 is 5.32 Å². The van der Waals surface area contributed by atoms with Crippen molar-refractivity contribution in [2.75, 3.05) is 13.1 Å². The van der Waals surface area contributed by atoms with E-state index in [-0.39, 0.29) is 0 Å². The topological polar surface area (TPSA) is 15.3 Å². The van der Waals surface area contributed by atoms with Crippen molar-refractivity contribution in [3.63, 3.8) is 0 Å². The van der Waals surface area contributed by atoms with Crippen LogP contribution >= 0.6 is 0 Å². The lowest BCUT2D eigenvalue weighted by Gasteiger charge is -2.29. The molecule has 1 aliphatic carbocycles. The van der Waals surface area contributed by atoms with Crippen molar-refractivity contribution < 1.29 is 0 Å². The summed E-state index contributed by atoms with van der Waals surface area (Å²) in [6.45, 7) is 8.08. The van der Waals surface area contributed by atoms with Crippen LogP contribution in [-0.2, 0) is 6.54 Å². The molecule has 1 aromatic rings. The molecule has 1 saturated heterocycles. The zero-order chi connectivity index (χ0) is 13.2. The minimum atomic E-state index is 0.691. The molecular formula is C17H26N2.